The first-order chi connectivity index (χ1) is 15.1. The zero-order valence-corrected chi connectivity index (χ0v) is 17.3. The summed E-state index contributed by atoms with van der Waals surface area (Å²) >= 11 is 0. The minimum atomic E-state index is -0.0527. The highest BCUT2D eigenvalue weighted by atomic mass is 16.2. The molecule has 9 heteroatoms. The van der Waals surface area contributed by atoms with Crippen LogP contribution in [0.1, 0.15) is 36.5 Å². The van der Waals surface area contributed by atoms with Crippen LogP contribution in [0.4, 0.5) is 11.6 Å². The number of carbonyl (C=O) groups excluding carboxylic acids is 2. The predicted molar refractivity (Wildman–Crippen MR) is 118 cm³/mol. The molecule has 2 aromatic heterocycles. The molecule has 3 heterocycles. The minimum absolute atomic E-state index is 0.0204. The Morgan fingerprint density at radius 1 is 1.23 bits per heavy atom. The van der Waals surface area contributed by atoms with Crippen molar-refractivity contribution in [2.75, 3.05) is 23.7 Å². The fourth-order valence-electron chi connectivity index (χ4n) is 3.57. The van der Waals surface area contributed by atoms with Gasteiger partial charge in [-0.2, -0.15) is 5.10 Å². The van der Waals surface area contributed by atoms with E-state index < -0.39 is 0 Å². The summed E-state index contributed by atoms with van der Waals surface area (Å²) in [6, 6.07) is 8.93. The van der Waals surface area contributed by atoms with Crippen molar-refractivity contribution < 1.29 is 9.59 Å². The molecule has 2 amide bonds. The molecule has 0 radical (unpaired) electrons. The molecule has 0 spiro atoms. The van der Waals surface area contributed by atoms with Crippen LogP contribution in [0.15, 0.2) is 48.9 Å². The Morgan fingerprint density at radius 3 is 2.81 bits per heavy atom. The number of nitrogens with zero attached hydrogens (tertiary/aromatic N) is 4. The van der Waals surface area contributed by atoms with Gasteiger partial charge in [-0.05, 0) is 43.2 Å². The highest BCUT2D eigenvalue weighted by Gasteiger charge is 2.25. The van der Waals surface area contributed by atoms with Crippen molar-refractivity contribution in [3.8, 4) is 11.3 Å². The van der Waals surface area contributed by atoms with Crippen LogP contribution < -0.4 is 10.6 Å². The standard InChI is InChI=1S/C22H25N7O2/c1-2-20(30)26-17-7-5-15(6-8-17)21(31)29-11-3-4-18(14-29)27-22-23-10-9-19(28-22)16-12-24-25-13-16/h5-10,12-13,18H,2-4,11,14H2,1H3,(H,24,25)(H,26,30)(H,23,27,28). The number of likely N-dealkylation sites (tertiary alicyclic amines) is 1. The predicted octanol–water partition coefficient (Wildman–Crippen LogP) is 2.93. The maximum absolute atomic E-state index is 13.0. The molecule has 0 aliphatic carbocycles. The van der Waals surface area contributed by atoms with E-state index in [0.717, 1.165) is 24.1 Å². The number of carbonyl (C=O) groups is 2. The number of benzene rings is 1. The Balaban J connectivity index is 1.39. The highest BCUT2D eigenvalue weighted by molar-refractivity contribution is 5.95. The summed E-state index contributed by atoms with van der Waals surface area (Å²) in [5, 5.41) is 12.9. The zero-order valence-electron chi connectivity index (χ0n) is 17.3. The lowest BCUT2D eigenvalue weighted by Gasteiger charge is -2.33. The van der Waals surface area contributed by atoms with Crippen LogP contribution in [0.3, 0.4) is 0 Å². The molecule has 3 aromatic rings. The van der Waals surface area contributed by atoms with E-state index in [1.54, 1.807) is 49.8 Å². The second-order valence-electron chi connectivity index (χ2n) is 7.47. The van der Waals surface area contributed by atoms with E-state index in [9.17, 15) is 9.59 Å². The number of rotatable bonds is 6. The molecule has 4 rings (SSSR count). The number of aromatic amines is 1. The monoisotopic (exact) mass is 419 g/mol. The Labute approximate surface area is 180 Å². The van der Waals surface area contributed by atoms with Crippen LogP contribution in [0, 0.1) is 0 Å². The van der Waals surface area contributed by atoms with Crippen molar-refractivity contribution in [2.45, 2.75) is 32.2 Å². The molecule has 0 saturated carbocycles. The van der Waals surface area contributed by atoms with Crippen LogP contribution in [-0.4, -0.2) is 56.0 Å². The molecule has 0 bridgehead atoms. The lowest BCUT2D eigenvalue weighted by Crippen LogP contribution is -2.45. The van der Waals surface area contributed by atoms with Gasteiger partial charge < -0.3 is 15.5 Å². The largest absolute Gasteiger partial charge is 0.350 e. The summed E-state index contributed by atoms with van der Waals surface area (Å²) in [4.78, 5) is 35.2. The van der Waals surface area contributed by atoms with Gasteiger partial charge >= 0.3 is 0 Å². The van der Waals surface area contributed by atoms with Crippen molar-refractivity contribution in [1.82, 2.24) is 25.1 Å². The summed E-state index contributed by atoms with van der Waals surface area (Å²) in [7, 11) is 0. The Morgan fingerprint density at radius 2 is 2.06 bits per heavy atom. The normalized spacial score (nSPS) is 16.0. The second-order valence-corrected chi connectivity index (χ2v) is 7.47. The summed E-state index contributed by atoms with van der Waals surface area (Å²) in [6.07, 6.45) is 7.46. The van der Waals surface area contributed by atoms with Gasteiger partial charge in [-0.25, -0.2) is 9.97 Å². The van der Waals surface area contributed by atoms with E-state index >= 15 is 0 Å². The number of piperidine rings is 1. The lowest BCUT2D eigenvalue weighted by molar-refractivity contribution is -0.115. The van der Waals surface area contributed by atoms with Crippen LogP contribution in [0.5, 0.6) is 0 Å². The van der Waals surface area contributed by atoms with Crippen molar-refractivity contribution in [1.29, 1.82) is 0 Å². The molecule has 160 valence electrons. The van der Waals surface area contributed by atoms with E-state index in [2.05, 4.69) is 30.8 Å². The van der Waals surface area contributed by atoms with E-state index in [1.807, 2.05) is 11.0 Å². The van der Waals surface area contributed by atoms with E-state index in [0.29, 0.717) is 36.7 Å². The second kappa shape index (κ2) is 9.38. The maximum atomic E-state index is 13.0. The molecule has 3 N–H and O–H groups in total. The van der Waals surface area contributed by atoms with Gasteiger partial charge in [-0.3, -0.25) is 14.7 Å². The van der Waals surface area contributed by atoms with Crippen molar-refractivity contribution >= 4 is 23.5 Å². The number of H-pyrrole nitrogens is 1. The molecule has 1 aliphatic heterocycles. The van der Waals surface area contributed by atoms with Gasteiger partial charge in [0.1, 0.15) is 0 Å². The molecule has 1 saturated heterocycles. The Hall–Kier alpha value is -3.75. The fraction of sp³-hybridized carbons (Fsp3) is 0.318. The van der Waals surface area contributed by atoms with Crippen molar-refractivity contribution in [2.24, 2.45) is 0 Å². The number of nitrogens with one attached hydrogen (secondary N) is 3. The van der Waals surface area contributed by atoms with Gasteiger partial charge in [-0.1, -0.05) is 6.92 Å². The first kappa shape index (κ1) is 20.5. The molecule has 1 fully saturated rings. The van der Waals surface area contributed by atoms with Gasteiger partial charge in [0.2, 0.25) is 11.9 Å². The molecule has 1 aliphatic rings. The van der Waals surface area contributed by atoms with Gasteiger partial charge in [-0.15, -0.1) is 0 Å². The van der Waals surface area contributed by atoms with Gasteiger partial charge in [0.25, 0.3) is 5.91 Å². The molecular formula is C22H25N7O2. The van der Waals surface area contributed by atoms with Crippen LogP contribution in [-0.2, 0) is 4.79 Å². The zero-order chi connectivity index (χ0) is 21.6. The van der Waals surface area contributed by atoms with Crippen LogP contribution in [0.2, 0.25) is 0 Å². The van der Waals surface area contributed by atoms with E-state index in [4.69, 9.17) is 0 Å². The third-order valence-corrected chi connectivity index (χ3v) is 5.23. The van der Waals surface area contributed by atoms with Gasteiger partial charge in [0, 0.05) is 54.8 Å². The number of amides is 2. The highest BCUT2D eigenvalue weighted by Crippen LogP contribution is 2.20. The number of hydrogen-bond donors (Lipinski definition) is 3. The lowest BCUT2D eigenvalue weighted by atomic mass is 10.0. The third-order valence-electron chi connectivity index (χ3n) is 5.23. The van der Waals surface area contributed by atoms with Crippen LogP contribution >= 0.6 is 0 Å². The smallest absolute Gasteiger partial charge is 0.253 e. The third kappa shape index (κ3) is 5.06. The average molecular weight is 419 g/mol. The topological polar surface area (TPSA) is 116 Å². The fourth-order valence-corrected chi connectivity index (χ4v) is 3.57. The SMILES string of the molecule is CCC(=O)Nc1ccc(C(=O)N2CCCC(Nc3nccc(-c4cn[nH]c4)n3)C2)cc1. The van der Waals surface area contributed by atoms with Gasteiger partial charge in [0.05, 0.1) is 11.9 Å². The molecule has 31 heavy (non-hydrogen) atoms. The van der Waals surface area contributed by atoms with Crippen molar-refractivity contribution in [3.63, 3.8) is 0 Å². The van der Waals surface area contributed by atoms with E-state index in [1.165, 1.54) is 0 Å². The molecule has 1 atom stereocenters. The maximum Gasteiger partial charge on any atom is 0.253 e. The average Bonchev–Trinajstić information content (AvgIpc) is 3.34. The molecule has 9 nitrogen and oxygen atoms in total. The number of anilines is 2. The van der Waals surface area contributed by atoms with Crippen molar-refractivity contribution in [3.05, 3.63) is 54.5 Å². The Kier molecular flexibility index (Phi) is 6.21. The quantitative estimate of drug-likeness (QED) is 0.566. The first-order valence-electron chi connectivity index (χ1n) is 10.4. The van der Waals surface area contributed by atoms with E-state index in [-0.39, 0.29) is 17.9 Å². The summed E-state index contributed by atoms with van der Waals surface area (Å²) in [5.41, 5.74) is 2.97. The Bertz CT molecular complexity index is 1030. The summed E-state index contributed by atoms with van der Waals surface area (Å²) < 4.78 is 0. The molecule has 1 aromatic carbocycles. The first-order valence-corrected chi connectivity index (χ1v) is 10.4. The number of aromatic nitrogens is 4. The molecule has 1 unspecified atom stereocenters. The van der Waals surface area contributed by atoms with Gasteiger partial charge in [0.15, 0.2) is 0 Å². The number of hydrogen-bond acceptors (Lipinski definition) is 6. The summed E-state index contributed by atoms with van der Waals surface area (Å²) in [6.45, 7) is 3.08. The van der Waals surface area contributed by atoms with Crippen LogP contribution in [0.25, 0.3) is 11.3 Å². The minimum Gasteiger partial charge on any atom is -0.350 e. The summed E-state index contributed by atoms with van der Waals surface area (Å²) in [5.74, 6) is 0.463. The molecular weight excluding hydrogens is 394 g/mol.